The van der Waals surface area contributed by atoms with Crippen LogP contribution in [-0.2, 0) is 14.3 Å². The molecule has 5 nitrogen and oxygen atoms in total. The van der Waals surface area contributed by atoms with Crippen LogP contribution in [0.2, 0.25) is 0 Å². The zero-order valence-electron chi connectivity index (χ0n) is 13.5. The van der Waals surface area contributed by atoms with Gasteiger partial charge in [0.15, 0.2) is 0 Å². The van der Waals surface area contributed by atoms with E-state index in [2.05, 4.69) is 38.1 Å². The third kappa shape index (κ3) is 3.44. The first kappa shape index (κ1) is 17.2. The van der Waals surface area contributed by atoms with Crippen molar-refractivity contribution in [3.8, 4) is 11.1 Å². The number of esters is 1. The zero-order valence-corrected chi connectivity index (χ0v) is 15.1. The zero-order chi connectivity index (χ0) is 17.8. The minimum absolute atomic E-state index is 0.0280. The summed E-state index contributed by atoms with van der Waals surface area (Å²) in [5.41, 5.74) is 4.53. The van der Waals surface area contributed by atoms with Crippen LogP contribution in [0, 0.1) is 0 Å². The van der Waals surface area contributed by atoms with Crippen LogP contribution in [0.15, 0.2) is 59.2 Å². The SMILES string of the molecule is COC(=O)/C(=C/Br)NC(=O)OCC1c2ccccc2-c2ccccc21. The summed E-state index contributed by atoms with van der Waals surface area (Å²) in [5.74, 6) is -0.696. The van der Waals surface area contributed by atoms with Crippen molar-refractivity contribution in [2.45, 2.75) is 5.92 Å². The van der Waals surface area contributed by atoms with Crippen LogP contribution in [0.4, 0.5) is 4.79 Å². The molecule has 6 heteroatoms. The van der Waals surface area contributed by atoms with Crippen LogP contribution in [0.1, 0.15) is 17.0 Å². The number of carbonyl (C=O) groups excluding carboxylic acids is 2. The summed E-state index contributed by atoms with van der Waals surface area (Å²) in [6, 6.07) is 16.2. The van der Waals surface area contributed by atoms with Crippen LogP contribution in [0.5, 0.6) is 0 Å². The molecule has 0 aliphatic heterocycles. The second-order valence-electron chi connectivity index (χ2n) is 5.46. The highest BCUT2D eigenvalue weighted by molar-refractivity contribution is 9.11. The summed E-state index contributed by atoms with van der Waals surface area (Å²) in [7, 11) is 1.23. The van der Waals surface area contributed by atoms with Gasteiger partial charge in [-0.2, -0.15) is 0 Å². The largest absolute Gasteiger partial charge is 0.464 e. The van der Waals surface area contributed by atoms with E-state index in [0.717, 1.165) is 22.3 Å². The average molecular weight is 402 g/mol. The number of halogens is 1. The number of rotatable bonds is 4. The predicted molar refractivity (Wildman–Crippen MR) is 97.2 cm³/mol. The molecule has 0 bridgehead atoms. The first-order valence-corrected chi connectivity index (χ1v) is 8.58. The molecule has 0 saturated heterocycles. The Morgan fingerprint density at radius 3 is 2.16 bits per heavy atom. The Morgan fingerprint density at radius 1 is 1.08 bits per heavy atom. The number of hydrogen-bond acceptors (Lipinski definition) is 4. The Bertz CT molecular complexity index is 801. The van der Waals surface area contributed by atoms with Crippen molar-refractivity contribution in [1.29, 1.82) is 0 Å². The van der Waals surface area contributed by atoms with E-state index in [9.17, 15) is 9.59 Å². The van der Waals surface area contributed by atoms with E-state index in [1.54, 1.807) is 0 Å². The summed E-state index contributed by atoms with van der Waals surface area (Å²) in [4.78, 5) is 24.8. The molecule has 0 radical (unpaired) electrons. The lowest BCUT2D eigenvalue weighted by Gasteiger charge is -2.14. The van der Waals surface area contributed by atoms with Gasteiger partial charge in [0.2, 0.25) is 0 Å². The summed E-state index contributed by atoms with van der Waals surface area (Å²) in [6.07, 6.45) is -0.710. The van der Waals surface area contributed by atoms with Crippen LogP contribution < -0.4 is 5.32 Å². The Labute approximate surface area is 153 Å². The number of benzene rings is 2. The monoisotopic (exact) mass is 401 g/mol. The number of amides is 1. The van der Waals surface area contributed by atoms with Crippen LogP contribution >= 0.6 is 15.9 Å². The Kier molecular flexibility index (Phi) is 5.19. The van der Waals surface area contributed by atoms with Gasteiger partial charge in [0.1, 0.15) is 12.3 Å². The van der Waals surface area contributed by atoms with Gasteiger partial charge in [-0.15, -0.1) is 0 Å². The van der Waals surface area contributed by atoms with Gasteiger partial charge >= 0.3 is 12.1 Å². The molecular formula is C19H16BrNO4. The molecule has 0 aromatic heterocycles. The number of nitrogens with one attached hydrogen (secondary N) is 1. The second-order valence-corrected chi connectivity index (χ2v) is 5.92. The van der Waals surface area contributed by atoms with Crippen molar-refractivity contribution in [2.24, 2.45) is 0 Å². The van der Waals surface area contributed by atoms with Gasteiger partial charge < -0.3 is 9.47 Å². The fourth-order valence-electron chi connectivity index (χ4n) is 2.98. The molecule has 2 aromatic rings. The molecule has 25 heavy (non-hydrogen) atoms. The molecule has 1 aliphatic rings. The predicted octanol–water partition coefficient (Wildman–Crippen LogP) is 3.93. The van der Waals surface area contributed by atoms with Gasteiger partial charge in [0.05, 0.1) is 7.11 Å². The fourth-order valence-corrected chi connectivity index (χ4v) is 3.28. The van der Waals surface area contributed by atoms with Gasteiger partial charge in [-0.05, 0) is 22.3 Å². The van der Waals surface area contributed by atoms with Gasteiger partial charge in [0, 0.05) is 10.9 Å². The number of carbonyl (C=O) groups is 2. The van der Waals surface area contributed by atoms with Crippen molar-refractivity contribution in [1.82, 2.24) is 5.32 Å². The lowest BCUT2D eigenvalue weighted by Crippen LogP contribution is -2.29. The molecule has 1 aliphatic carbocycles. The Balaban J connectivity index is 1.73. The molecule has 2 aromatic carbocycles. The van der Waals surface area contributed by atoms with E-state index in [-0.39, 0.29) is 18.2 Å². The van der Waals surface area contributed by atoms with Crippen LogP contribution in [0.25, 0.3) is 11.1 Å². The number of methoxy groups -OCH3 is 1. The van der Waals surface area contributed by atoms with Crippen molar-refractivity contribution in [3.63, 3.8) is 0 Å². The lowest BCUT2D eigenvalue weighted by molar-refractivity contribution is -0.136. The molecule has 3 rings (SSSR count). The topological polar surface area (TPSA) is 64.6 Å². The van der Waals surface area contributed by atoms with Crippen LogP contribution in [0.3, 0.4) is 0 Å². The van der Waals surface area contributed by atoms with Crippen LogP contribution in [-0.4, -0.2) is 25.8 Å². The number of alkyl carbamates (subject to hydrolysis) is 1. The molecule has 1 N–H and O–H groups in total. The summed E-state index contributed by atoms with van der Waals surface area (Å²) >= 11 is 3.01. The Hall–Kier alpha value is -2.60. The van der Waals surface area contributed by atoms with Gasteiger partial charge in [-0.25, -0.2) is 9.59 Å². The maximum atomic E-state index is 12.0. The lowest BCUT2D eigenvalue weighted by atomic mass is 9.98. The second kappa shape index (κ2) is 7.53. The van der Waals surface area contributed by atoms with Crippen molar-refractivity contribution < 1.29 is 19.1 Å². The molecule has 128 valence electrons. The van der Waals surface area contributed by atoms with Crippen molar-refractivity contribution in [2.75, 3.05) is 13.7 Å². The maximum absolute atomic E-state index is 12.0. The van der Waals surface area contributed by atoms with Crippen molar-refractivity contribution in [3.05, 3.63) is 70.3 Å². The normalized spacial score (nSPS) is 13.0. The molecular weight excluding hydrogens is 386 g/mol. The minimum Gasteiger partial charge on any atom is -0.464 e. The molecule has 0 spiro atoms. The summed E-state index contributed by atoms with van der Waals surface area (Å²) in [5, 5.41) is 2.37. The maximum Gasteiger partial charge on any atom is 0.411 e. The first-order chi connectivity index (χ1) is 12.2. The van der Waals surface area contributed by atoms with E-state index in [1.807, 2.05) is 36.4 Å². The molecule has 0 atom stereocenters. The fraction of sp³-hybridized carbons (Fsp3) is 0.158. The van der Waals surface area contributed by atoms with Gasteiger partial charge in [-0.1, -0.05) is 64.5 Å². The third-order valence-electron chi connectivity index (χ3n) is 4.09. The first-order valence-electron chi connectivity index (χ1n) is 7.66. The molecule has 1 amide bonds. The highest BCUT2D eigenvalue weighted by atomic mass is 79.9. The van der Waals surface area contributed by atoms with E-state index in [4.69, 9.17) is 4.74 Å². The number of hydrogen-bond donors (Lipinski definition) is 1. The van der Waals surface area contributed by atoms with E-state index in [0.29, 0.717) is 0 Å². The van der Waals surface area contributed by atoms with E-state index >= 15 is 0 Å². The van der Waals surface area contributed by atoms with E-state index < -0.39 is 12.1 Å². The standard InChI is InChI=1S/C19H16BrNO4/c1-24-18(22)17(10-20)21-19(23)25-11-16-14-8-4-2-6-12(14)13-7-3-5-9-15(13)16/h2-10,16H,11H2,1H3,(H,21,23)/b17-10-. The van der Waals surface area contributed by atoms with Gasteiger partial charge in [-0.3, -0.25) is 5.32 Å². The quantitative estimate of drug-likeness (QED) is 0.622. The average Bonchev–Trinajstić information content (AvgIpc) is 2.98. The molecule has 0 heterocycles. The summed E-state index contributed by atoms with van der Waals surface area (Å²) < 4.78 is 9.91. The van der Waals surface area contributed by atoms with Gasteiger partial charge in [0.25, 0.3) is 0 Å². The number of ether oxygens (including phenoxy) is 2. The summed E-state index contributed by atoms with van der Waals surface area (Å²) in [6.45, 7) is 0.177. The smallest absolute Gasteiger partial charge is 0.411 e. The molecule has 0 unspecified atom stereocenters. The Morgan fingerprint density at radius 2 is 1.64 bits per heavy atom. The number of fused-ring (bicyclic) bond motifs is 3. The molecule has 0 fully saturated rings. The highest BCUT2D eigenvalue weighted by Crippen LogP contribution is 2.44. The highest BCUT2D eigenvalue weighted by Gasteiger charge is 2.29. The van der Waals surface area contributed by atoms with E-state index in [1.165, 1.54) is 12.1 Å². The van der Waals surface area contributed by atoms with Crippen molar-refractivity contribution >= 4 is 28.0 Å². The molecule has 0 saturated carbocycles. The third-order valence-corrected chi connectivity index (χ3v) is 4.55. The minimum atomic E-state index is -0.710.